The molecule has 0 bridgehead atoms. The molecule has 20 heavy (non-hydrogen) atoms. The predicted octanol–water partition coefficient (Wildman–Crippen LogP) is 1.86. The summed E-state index contributed by atoms with van der Waals surface area (Å²) in [4.78, 5) is 14.4. The number of nitrogens with one attached hydrogen (secondary N) is 1. The van der Waals surface area contributed by atoms with E-state index in [1.54, 1.807) is 0 Å². The number of benzene rings is 1. The van der Waals surface area contributed by atoms with E-state index >= 15 is 0 Å². The van der Waals surface area contributed by atoms with Crippen LogP contribution in [0.25, 0.3) is 0 Å². The molecule has 0 aromatic heterocycles. The van der Waals surface area contributed by atoms with Crippen LogP contribution < -0.4 is 5.32 Å². The Kier molecular flexibility index (Phi) is 3.76. The van der Waals surface area contributed by atoms with Crippen LogP contribution in [0, 0.1) is 0 Å². The largest absolute Gasteiger partial charge is 0.379 e. The molecule has 4 nitrogen and oxygen atoms in total. The fourth-order valence-corrected chi connectivity index (χ4v) is 3.06. The number of amides is 1. The van der Waals surface area contributed by atoms with Crippen molar-refractivity contribution < 1.29 is 9.53 Å². The third-order valence-electron chi connectivity index (χ3n) is 4.31. The highest BCUT2D eigenvalue weighted by Gasteiger charge is 2.42. The maximum absolute atomic E-state index is 12.4. The van der Waals surface area contributed by atoms with Crippen LogP contribution in [0.3, 0.4) is 0 Å². The fraction of sp³-hybridized carbons (Fsp3) is 0.562. The first-order valence-electron chi connectivity index (χ1n) is 7.45. The van der Waals surface area contributed by atoms with E-state index in [2.05, 4.69) is 36.5 Å². The molecule has 0 aliphatic carbocycles. The predicted molar refractivity (Wildman–Crippen MR) is 77.2 cm³/mol. The Balaban J connectivity index is 1.86. The van der Waals surface area contributed by atoms with Crippen molar-refractivity contribution >= 4 is 5.91 Å². The standard InChI is InChI=1S/C16H22N2O2/c1-3-12-4-6-13(7-5-12)15-17-11(2)16(19)18(15)14-8-9-20-10-14/h4-7,11,14-15,17H,3,8-10H2,1-2H3. The van der Waals surface area contributed by atoms with Gasteiger partial charge in [-0.25, -0.2) is 0 Å². The summed E-state index contributed by atoms with van der Waals surface area (Å²) in [5.74, 6) is 0.185. The molecule has 1 aromatic rings. The highest BCUT2D eigenvalue weighted by molar-refractivity contribution is 5.84. The van der Waals surface area contributed by atoms with E-state index in [1.165, 1.54) is 5.56 Å². The van der Waals surface area contributed by atoms with Gasteiger partial charge < -0.3 is 9.64 Å². The number of carbonyl (C=O) groups is 1. The normalized spacial score (nSPS) is 30.2. The first kappa shape index (κ1) is 13.6. The second-order valence-corrected chi connectivity index (χ2v) is 5.65. The molecule has 0 radical (unpaired) electrons. The van der Waals surface area contributed by atoms with Crippen LogP contribution in [0.15, 0.2) is 24.3 Å². The van der Waals surface area contributed by atoms with E-state index in [1.807, 2.05) is 11.8 Å². The SMILES string of the molecule is CCc1ccc(C2NC(C)C(=O)N2C2CCOC2)cc1. The maximum atomic E-state index is 12.4. The molecule has 108 valence electrons. The minimum absolute atomic E-state index is 0.0184. The Morgan fingerprint density at radius 2 is 2.10 bits per heavy atom. The Hall–Kier alpha value is -1.39. The van der Waals surface area contributed by atoms with Gasteiger partial charge in [-0.2, -0.15) is 0 Å². The highest BCUT2D eigenvalue weighted by Crippen LogP contribution is 2.30. The molecule has 3 atom stereocenters. The number of ether oxygens (including phenoxy) is 1. The molecular formula is C16H22N2O2. The van der Waals surface area contributed by atoms with E-state index in [0.717, 1.165) is 25.0 Å². The van der Waals surface area contributed by atoms with Crippen LogP contribution >= 0.6 is 0 Å². The van der Waals surface area contributed by atoms with Gasteiger partial charge in [0.05, 0.1) is 18.7 Å². The Morgan fingerprint density at radius 1 is 1.35 bits per heavy atom. The number of hydrogen-bond donors (Lipinski definition) is 1. The first-order chi connectivity index (χ1) is 9.70. The quantitative estimate of drug-likeness (QED) is 0.914. The molecule has 3 rings (SSSR count). The van der Waals surface area contributed by atoms with E-state index < -0.39 is 0 Å². The Morgan fingerprint density at radius 3 is 2.70 bits per heavy atom. The van der Waals surface area contributed by atoms with Crippen molar-refractivity contribution in [2.75, 3.05) is 13.2 Å². The zero-order valence-corrected chi connectivity index (χ0v) is 12.1. The summed E-state index contributed by atoms with van der Waals surface area (Å²) in [7, 11) is 0. The average molecular weight is 274 g/mol. The number of nitrogens with zero attached hydrogens (tertiary/aromatic N) is 1. The second kappa shape index (κ2) is 5.54. The Labute approximate surface area is 120 Å². The molecule has 1 N–H and O–H groups in total. The smallest absolute Gasteiger partial charge is 0.241 e. The van der Waals surface area contributed by atoms with Crippen LogP contribution in [0.4, 0.5) is 0 Å². The zero-order valence-electron chi connectivity index (χ0n) is 12.1. The lowest BCUT2D eigenvalue weighted by Crippen LogP contribution is -2.40. The average Bonchev–Trinajstić information content (AvgIpc) is 3.08. The summed E-state index contributed by atoms with van der Waals surface area (Å²) in [6.45, 7) is 5.50. The van der Waals surface area contributed by atoms with Gasteiger partial charge in [-0.3, -0.25) is 10.1 Å². The van der Waals surface area contributed by atoms with Crippen molar-refractivity contribution in [3.05, 3.63) is 35.4 Å². The zero-order chi connectivity index (χ0) is 14.1. The Bertz CT molecular complexity index is 480. The topological polar surface area (TPSA) is 41.6 Å². The van der Waals surface area contributed by atoms with Crippen LogP contribution in [-0.4, -0.2) is 36.1 Å². The van der Waals surface area contributed by atoms with Crippen LogP contribution in [0.5, 0.6) is 0 Å². The minimum Gasteiger partial charge on any atom is -0.379 e. The molecule has 1 aromatic carbocycles. The van der Waals surface area contributed by atoms with Crippen LogP contribution in [0.1, 0.15) is 37.6 Å². The van der Waals surface area contributed by atoms with Crippen molar-refractivity contribution in [3.8, 4) is 0 Å². The summed E-state index contributed by atoms with van der Waals surface area (Å²) in [6.07, 6.45) is 1.95. The molecule has 1 amide bonds. The summed E-state index contributed by atoms with van der Waals surface area (Å²) in [5, 5.41) is 3.41. The van der Waals surface area contributed by atoms with Crippen molar-refractivity contribution in [1.82, 2.24) is 10.2 Å². The molecule has 2 heterocycles. The van der Waals surface area contributed by atoms with Gasteiger partial charge in [-0.1, -0.05) is 31.2 Å². The maximum Gasteiger partial charge on any atom is 0.241 e. The number of aryl methyl sites for hydroxylation is 1. The van der Waals surface area contributed by atoms with E-state index in [-0.39, 0.29) is 24.2 Å². The highest BCUT2D eigenvalue weighted by atomic mass is 16.5. The first-order valence-corrected chi connectivity index (χ1v) is 7.45. The van der Waals surface area contributed by atoms with E-state index in [9.17, 15) is 4.79 Å². The monoisotopic (exact) mass is 274 g/mol. The molecule has 4 heteroatoms. The lowest BCUT2D eigenvalue weighted by Gasteiger charge is -2.29. The third-order valence-corrected chi connectivity index (χ3v) is 4.31. The third kappa shape index (κ3) is 2.34. The van der Waals surface area contributed by atoms with E-state index in [4.69, 9.17) is 4.74 Å². The molecule has 2 fully saturated rings. The molecule has 0 saturated carbocycles. The molecule has 2 aliphatic rings. The summed E-state index contributed by atoms with van der Waals surface area (Å²) >= 11 is 0. The van der Waals surface area contributed by atoms with Crippen molar-refractivity contribution in [2.24, 2.45) is 0 Å². The number of carbonyl (C=O) groups excluding carboxylic acids is 1. The molecular weight excluding hydrogens is 252 g/mol. The van der Waals surface area contributed by atoms with Gasteiger partial charge in [0.15, 0.2) is 0 Å². The van der Waals surface area contributed by atoms with Crippen LogP contribution in [0.2, 0.25) is 0 Å². The number of hydrogen-bond acceptors (Lipinski definition) is 3. The van der Waals surface area contributed by atoms with Crippen LogP contribution in [-0.2, 0) is 16.0 Å². The van der Waals surface area contributed by atoms with Gasteiger partial charge in [0.2, 0.25) is 5.91 Å². The van der Waals surface area contributed by atoms with Crippen molar-refractivity contribution in [2.45, 2.75) is 44.9 Å². The van der Waals surface area contributed by atoms with Gasteiger partial charge >= 0.3 is 0 Å². The lowest BCUT2D eigenvalue weighted by molar-refractivity contribution is -0.132. The minimum atomic E-state index is -0.119. The summed E-state index contributed by atoms with van der Waals surface area (Å²) < 4.78 is 5.45. The molecule has 2 aliphatic heterocycles. The van der Waals surface area contributed by atoms with Crippen molar-refractivity contribution in [3.63, 3.8) is 0 Å². The molecule has 0 spiro atoms. The molecule has 3 unspecified atom stereocenters. The van der Waals surface area contributed by atoms with Gasteiger partial charge in [0.25, 0.3) is 0 Å². The lowest BCUT2D eigenvalue weighted by atomic mass is 10.1. The summed E-state index contributed by atoms with van der Waals surface area (Å²) in [5.41, 5.74) is 2.48. The van der Waals surface area contributed by atoms with Gasteiger partial charge in [-0.15, -0.1) is 0 Å². The number of rotatable bonds is 3. The van der Waals surface area contributed by atoms with Gasteiger partial charge in [0.1, 0.15) is 6.17 Å². The second-order valence-electron chi connectivity index (χ2n) is 5.65. The van der Waals surface area contributed by atoms with Gasteiger partial charge in [-0.05, 0) is 30.9 Å². The van der Waals surface area contributed by atoms with Gasteiger partial charge in [0, 0.05) is 6.61 Å². The molecule has 2 saturated heterocycles. The van der Waals surface area contributed by atoms with E-state index in [0.29, 0.717) is 6.61 Å². The van der Waals surface area contributed by atoms with Crippen molar-refractivity contribution in [1.29, 1.82) is 0 Å². The fourth-order valence-electron chi connectivity index (χ4n) is 3.06. The summed E-state index contributed by atoms with van der Waals surface area (Å²) in [6, 6.07) is 8.64.